The van der Waals surface area contributed by atoms with Crippen molar-refractivity contribution in [2.45, 2.75) is 26.4 Å². The topological polar surface area (TPSA) is 73.7 Å². The molecule has 0 saturated heterocycles. The highest BCUT2D eigenvalue weighted by molar-refractivity contribution is 5.88. The SMILES string of the molecule is Cc1cc(C(=O)O)cc(N(C)CCC(C)O)n1. The van der Waals surface area contributed by atoms with Crippen LogP contribution in [0.2, 0.25) is 0 Å². The molecule has 0 aliphatic heterocycles. The summed E-state index contributed by atoms with van der Waals surface area (Å²) in [5.41, 5.74) is 0.903. The van der Waals surface area contributed by atoms with Gasteiger partial charge >= 0.3 is 5.97 Å². The number of carboxylic acid groups (broad SMARTS) is 1. The molecule has 0 aliphatic carbocycles. The third-order valence-corrected chi connectivity index (χ3v) is 2.46. The molecule has 0 saturated carbocycles. The molecular weight excluding hydrogens is 220 g/mol. The van der Waals surface area contributed by atoms with E-state index < -0.39 is 5.97 Å². The van der Waals surface area contributed by atoms with Gasteiger partial charge in [-0.05, 0) is 32.4 Å². The molecule has 1 atom stereocenters. The van der Waals surface area contributed by atoms with Crippen LogP contribution in [0.25, 0.3) is 0 Å². The summed E-state index contributed by atoms with van der Waals surface area (Å²) in [7, 11) is 1.83. The minimum absolute atomic E-state index is 0.233. The molecule has 0 fully saturated rings. The number of aliphatic hydroxyl groups excluding tert-OH is 1. The number of hydrogen-bond donors (Lipinski definition) is 2. The molecule has 1 aromatic heterocycles. The minimum atomic E-state index is -0.958. The molecule has 1 heterocycles. The average Bonchev–Trinajstić information content (AvgIpc) is 2.24. The summed E-state index contributed by atoms with van der Waals surface area (Å²) in [6.45, 7) is 4.12. The van der Waals surface area contributed by atoms with E-state index in [1.807, 2.05) is 11.9 Å². The lowest BCUT2D eigenvalue weighted by Gasteiger charge is -2.19. The molecule has 0 aromatic carbocycles. The number of aromatic nitrogens is 1. The number of nitrogens with zero attached hydrogens (tertiary/aromatic N) is 2. The number of aryl methyl sites for hydroxylation is 1. The lowest BCUT2D eigenvalue weighted by Crippen LogP contribution is -2.23. The molecule has 0 spiro atoms. The van der Waals surface area contributed by atoms with Crippen molar-refractivity contribution in [3.63, 3.8) is 0 Å². The van der Waals surface area contributed by atoms with Crippen molar-refractivity contribution in [2.24, 2.45) is 0 Å². The summed E-state index contributed by atoms with van der Waals surface area (Å²) in [6, 6.07) is 3.08. The first-order valence-corrected chi connectivity index (χ1v) is 5.51. The number of hydrogen-bond acceptors (Lipinski definition) is 4. The van der Waals surface area contributed by atoms with Gasteiger partial charge in [-0.2, -0.15) is 0 Å². The number of pyridine rings is 1. The largest absolute Gasteiger partial charge is 0.478 e. The van der Waals surface area contributed by atoms with Crippen LogP contribution in [0.5, 0.6) is 0 Å². The fourth-order valence-electron chi connectivity index (χ4n) is 1.47. The lowest BCUT2D eigenvalue weighted by molar-refractivity contribution is 0.0696. The second-order valence-electron chi connectivity index (χ2n) is 4.22. The average molecular weight is 238 g/mol. The molecule has 1 unspecified atom stereocenters. The molecule has 17 heavy (non-hydrogen) atoms. The first-order chi connectivity index (χ1) is 7.90. The maximum absolute atomic E-state index is 10.9. The third-order valence-electron chi connectivity index (χ3n) is 2.46. The van der Waals surface area contributed by atoms with Crippen molar-refractivity contribution in [1.29, 1.82) is 0 Å². The van der Waals surface area contributed by atoms with Gasteiger partial charge in [0.15, 0.2) is 0 Å². The predicted molar refractivity (Wildman–Crippen MR) is 65.5 cm³/mol. The molecule has 0 aliphatic rings. The van der Waals surface area contributed by atoms with Gasteiger partial charge in [-0.1, -0.05) is 0 Å². The van der Waals surface area contributed by atoms with E-state index in [4.69, 9.17) is 5.11 Å². The first kappa shape index (κ1) is 13.4. The first-order valence-electron chi connectivity index (χ1n) is 5.51. The van der Waals surface area contributed by atoms with E-state index >= 15 is 0 Å². The summed E-state index contributed by atoms with van der Waals surface area (Å²) in [6.07, 6.45) is 0.246. The van der Waals surface area contributed by atoms with Gasteiger partial charge in [0.25, 0.3) is 0 Å². The van der Waals surface area contributed by atoms with Crippen LogP contribution in [-0.4, -0.2) is 40.9 Å². The summed E-state index contributed by atoms with van der Waals surface area (Å²) < 4.78 is 0. The highest BCUT2D eigenvalue weighted by Gasteiger charge is 2.10. The third kappa shape index (κ3) is 4.03. The van der Waals surface area contributed by atoms with Crippen LogP contribution in [0.1, 0.15) is 29.4 Å². The zero-order valence-corrected chi connectivity index (χ0v) is 10.3. The Morgan fingerprint density at radius 3 is 2.71 bits per heavy atom. The van der Waals surface area contributed by atoms with Crippen LogP contribution in [0.4, 0.5) is 5.82 Å². The molecule has 94 valence electrons. The smallest absolute Gasteiger partial charge is 0.335 e. The maximum atomic E-state index is 10.9. The normalized spacial score (nSPS) is 12.2. The van der Waals surface area contributed by atoms with E-state index in [-0.39, 0.29) is 11.7 Å². The number of anilines is 1. The summed E-state index contributed by atoms with van der Waals surface area (Å²) in [5, 5.41) is 18.2. The van der Waals surface area contributed by atoms with Gasteiger partial charge in [0.1, 0.15) is 5.82 Å². The highest BCUT2D eigenvalue weighted by atomic mass is 16.4. The number of rotatable bonds is 5. The van der Waals surface area contributed by atoms with Gasteiger partial charge in [-0.25, -0.2) is 9.78 Å². The Morgan fingerprint density at radius 1 is 1.53 bits per heavy atom. The van der Waals surface area contributed by atoms with Crippen LogP contribution in [0, 0.1) is 6.92 Å². The summed E-state index contributed by atoms with van der Waals surface area (Å²) >= 11 is 0. The van der Waals surface area contributed by atoms with Gasteiger partial charge < -0.3 is 15.1 Å². The van der Waals surface area contributed by atoms with E-state index in [0.717, 1.165) is 0 Å². The Morgan fingerprint density at radius 2 is 2.18 bits per heavy atom. The Bertz CT molecular complexity index is 405. The van der Waals surface area contributed by atoms with Gasteiger partial charge in [-0.15, -0.1) is 0 Å². The van der Waals surface area contributed by atoms with E-state index in [0.29, 0.717) is 24.5 Å². The second-order valence-corrected chi connectivity index (χ2v) is 4.22. The Hall–Kier alpha value is -1.62. The van der Waals surface area contributed by atoms with Gasteiger partial charge in [0.05, 0.1) is 11.7 Å². The fraction of sp³-hybridized carbons (Fsp3) is 0.500. The zero-order valence-electron chi connectivity index (χ0n) is 10.3. The van der Waals surface area contributed by atoms with E-state index in [1.54, 1.807) is 13.8 Å². The van der Waals surface area contributed by atoms with Crippen LogP contribution < -0.4 is 4.90 Å². The molecule has 2 N–H and O–H groups in total. The quantitative estimate of drug-likeness (QED) is 0.808. The van der Waals surface area contributed by atoms with Gasteiger partial charge in [-0.3, -0.25) is 0 Å². The van der Waals surface area contributed by atoms with Gasteiger partial charge in [0, 0.05) is 19.3 Å². The lowest BCUT2D eigenvalue weighted by atomic mass is 10.2. The molecule has 1 aromatic rings. The van der Waals surface area contributed by atoms with E-state index in [2.05, 4.69) is 4.98 Å². The number of carboxylic acids is 1. The highest BCUT2D eigenvalue weighted by Crippen LogP contribution is 2.14. The number of aliphatic hydroxyl groups is 1. The second kappa shape index (κ2) is 5.63. The Kier molecular flexibility index (Phi) is 4.45. The van der Waals surface area contributed by atoms with Crippen molar-refractivity contribution in [3.8, 4) is 0 Å². The molecule has 5 heteroatoms. The maximum Gasteiger partial charge on any atom is 0.335 e. The van der Waals surface area contributed by atoms with Crippen molar-refractivity contribution >= 4 is 11.8 Å². The standard InChI is InChI=1S/C12H18N2O3/c1-8-6-10(12(16)17)7-11(13-8)14(3)5-4-9(2)15/h6-7,9,15H,4-5H2,1-3H3,(H,16,17). The molecule has 5 nitrogen and oxygen atoms in total. The van der Waals surface area contributed by atoms with Crippen molar-refractivity contribution in [2.75, 3.05) is 18.5 Å². The minimum Gasteiger partial charge on any atom is -0.478 e. The summed E-state index contributed by atoms with van der Waals surface area (Å²) in [4.78, 5) is 17.0. The van der Waals surface area contributed by atoms with Crippen LogP contribution >= 0.6 is 0 Å². The monoisotopic (exact) mass is 238 g/mol. The predicted octanol–water partition coefficient (Wildman–Crippen LogP) is 1.30. The molecule has 0 amide bonds. The van der Waals surface area contributed by atoms with Crippen LogP contribution in [-0.2, 0) is 0 Å². The fourth-order valence-corrected chi connectivity index (χ4v) is 1.47. The summed E-state index contributed by atoms with van der Waals surface area (Å²) in [5.74, 6) is -0.344. The van der Waals surface area contributed by atoms with Crippen molar-refractivity contribution < 1.29 is 15.0 Å². The van der Waals surface area contributed by atoms with E-state index in [9.17, 15) is 9.90 Å². The molecule has 0 bridgehead atoms. The number of aromatic carboxylic acids is 1. The van der Waals surface area contributed by atoms with Crippen molar-refractivity contribution in [3.05, 3.63) is 23.4 Å². The van der Waals surface area contributed by atoms with Crippen LogP contribution in [0.3, 0.4) is 0 Å². The van der Waals surface area contributed by atoms with Crippen molar-refractivity contribution in [1.82, 2.24) is 4.98 Å². The Labute approximate surface area is 101 Å². The van der Waals surface area contributed by atoms with Gasteiger partial charge in [0.2, 0.25) is 0 Å². The molecular formula is C12H18N2O3. The van der Waals surface area contributed by atoms with E-state index in [1.165, 1.54) is 12.1 Å². The zero-order chi connectivity index (χ0) is 13.0. The van der Waals surface area contributed by atoms with Crippen LogP contribution in [0.15, 0.2) is 12.1 Å². The molecule has 1 rings (SSSR count). The Balaban J connectivity index is 2.86. The molecule has 0 radical (unpaired) electrons. The number of carbonyl (C=O) groups is 1.